The predicted molar refractivity (Wildman–Crippen MR) is 142 cm³/mol. The largest absolute Gasteiger partial charge is 0.389 e. The van der Waals surface area contributed by atoms with E-state index < -0.39 is 11.6 Å². The van der Waals surface area contributed by atoms with Crippen LogP contribution < -0.4 is 10.6 Å². The molecule has 3 aromatic heterocycles. The van der Waals surface area contributed by atoms with Gasteiger partial charge in [-0.05, 0) is 43.5 Å². The molecule has 8 nitrogen and oxygen atoms in total. The number of pyridine rings is 1. The quantitative estimate of drug-likeness (QED) is 0.403. The maximum atomic E-state index is 16.5. The van der Waals surface area contributed by atoms with Gasteiger partial charge in [-0.3, -0.25) is 9.88 Å². The number of benzene rings is 1. The van der Waals surface area contributed by atoms with Gasteiger partial charge in [0.1, 0.15) is 16.6 Å². The summed E-state index contributed by atoms with van der Waals surface area (Å²) in [5.41, 5.74) is 8.07. The smallest absolute Gasteiger partial charge is 0.226 e. The minimum absolute atomic E-state index is 0.100. The van der Waals surface area contributed by atoms with Gasteiger partial charge in [0.05, 0.1) is 35.4 Å². The molecule has 2 fully saturated rings. The van der Waals surface area contributed by atoms with Crippen molar-refractivity contribution < 1.29 is 13.5 Å². The van der Waals surface area contributed by atoms with Gasteiger partial charge in [-0.25, -0.2) is 18.7 Å². The number of nitrogens with two attached hydrogens (primary N) is 1. The lowest BCUT2D eigenvalue weighted by Crippen LogP contribution is -2.41. The Hall–Kier alpha value is -3.46. The molecular weight excluding hydrogens is 508 g/mol. The molecule has 3 aliphatic heterocycles. The summed E-state index contributed by atoms with van der Waals surface area (Å²) in [6.07, 6.45) is 7.52. The van der Waals surface area contributed by atoms with Crippen LogP contribution in [0.15, 0.2) is 12.4 Å². The third-order valence-corrected chi connectivity index (χ3v) is 9.11. The van der Waals surface area contributed by atoms with Gasteiger partial charge in [-0.2, -0.15) is 5.26 Å². The summed E-state index contributed by atoms with van der Waals surface area (Å²) in [5.74, 6) is -0.679. The number of fused-ring (bicyclic) bond motifs is 4. The number of piperidine rings is 1. The number of ether oxygens (including phenoxy) is 1. The zero-order valence-corrected chi connectivity index (χ0v) is 21.5. The molecule has 6 heterocycles. The number of aromatic nitrogens is 3. The van der Waals surface area contributed by atoms with E-state index >= 15 is 4.39 Å². The van der Waals surface area contributed by atoms with E-state index in [-0.39, 0.29) is 50.6 Å². The van der Waals surface area contributed by atoms with Crippen LogP contribution in [-0.4, -0.2) is 52.1 Å². The first-order chi connectivity index (χ1) is 18.5. The Labute approximate surface area is 221 Å². The predicted octanol–water partition coefficient (Wildman–Crippen LogP) is 4.73. The fraction of sp³-hybridized carbons (Fsp3) is 0.407. The molecule has 7 rings (SSSR count). The molecule has 194 valence electrons. The minimum Gasteiger partial charge on any atom is -0.389 e. The highest BCUT2D eigenvalue weighted by atomic mass is 32.1. The average Bonchev–Trinajstić information content (AvgIpc) is 3.69. The number of nitrogen functional groups attached to an aromatic ring is 1. The number of hydrogen-bond acceptors (Lipinski definition) is 9. The van der Waals surface area contributed by atoms with Gasteiger partial charge in [0.25, 0.3) is 0 Å². The Kier molecular flexibility index (Phi) is 5.65. The number of likely N-dealkylation sites (tertiary alicyclic amines) is 1. The normalized spacial score (nSPS) is 19.9. The third kappa shape index (κ3) is 3.55. The minimum atomic E-state index is -0.599. The molecular formula is C27H25F2N7OS. The van der Waals surface area contributed by atoms with Gasteiger partial charge in [0.2, 0.25) is 5.95 Å². The van der Waals surface area contributed by atoms with Crippen molar-refractivity contribution in [3.8, 4) is 17.3 Å². The standard InChI is InChI=1S/C27H25F2N7OS/c28-19-10-32-24(21-15(8-30)26(31)38-25(19)21)20-18-13-37-12-17(18)16-9-33-27(34-23(16)22(20)29)36-7-4-14(11-36)35-5-2-1-3-6-35/h9-10,14H,1-7,11-13,31H2/t14-/m1/s1. The van der Waals surface area contributed by atoms with Gasteiger partial charge >= 0.3 is 0 Å². The maximum Gasteiger partial charge on any atom is 0.226 e. The second-order valence-corrected chi connectivity index (χ2v) is 11.2. The van der Waals surface area contributed by atoms with Crippen LogP contribution in [-0.2, 0) is 18.0 Å². The van der Waals surface area contributed by atoms with Crippen LogP contribution in [0.5, 0.6) is 0 Å². The summed E-state index contributed by atoms with van der Waals surface area (Å²) in [4.78, 5) is 18.3. The Morgan fingerprint density at radius 2 is 1.89 bits per heavy atom. The highest BCUT2D eigenvalue weighted by Gasteiger charge is 2.32. The molecule has 0 aliphatic carbocycles. The van der Waals surface area contributed by atoms with E-state index in [1.807, 2.05) is 6.07 Å². The third-order valence-electron chi connectivity index (χ3n) is 8.09. The second-order valence-electron chi connectivity index (χ2n) is 10.2. The zero-order valence-electron chi connectivity index (χ0n) is 20.6. The fourth-order valence-electron chi connectivity index (χ4n) is 6.20. The Morgan fingerprint density at radius 3 is 2.71 bits per heavy atom. The van der Waals surface area contributed by atoms with Gasteiger partial charge in [-0.1, -0.05) is 6.42 Å². The van der Waals surface area contributed by atoms with Gasteiger partial charge in [0, 0.05) is 41.7 Å². The highest BCUT2D eigenvalue weighted by Crippen LogP contribution is 2.45. The highest BCUT2D eigenvalue weighted by molar-refractivity contribution is 7.23. The second kappa shape index (κ2) is 9.08. The summed E-state index contributed by atoms with van der Waals surface area (Å²) in [5, 5.41) is 10.7. The number of nitriles is 1. The molecule has 1 atom stereocenters. The van der Waals surface area contributed by atoms with Crippen molar-refractivity contribution >= 4 is 43.3 Å². The number of thiophene rings is 1. The van der Waals surface area contributed by atoms with Gasteiger partial charge in [0.15, 0.2) is 11.6 Å². The molecule has 4 aromatic rings. The van der Waals surface area contributed by atoms with Crippen molar-refractivity contribution in [2.45, 2.75) is 44.9 Å². The van der Waals surface area contributed by atoms with Crippen LogP contribution in [0.3, 0.4) is 0 Å². The van der Waals surface area contributed by atoms with Crippen molar-refractivity contribution in [2.75, 3.05) is 36.8 Å². The van der Waals surface area contributed by atoms with Crippen molar-refractivity contribution in [1.29, 1.82) is 5.26 Å². The number of rotatable bonds is 3. The zero-order chi connectivity index (χ0) is 26.0. The summed E-state index contributed by atoms with van der Waals surface area (Å²) < 4.78 is 37.1. The molecule has 3 aliphatic rings. The van der Waals surface area contributed by atoms with E-state index in [1.165, 1.54) is 19.3 Å². The summed E-state index contributed by atoms with van der Waals surface area (Å²) in [7, 11) is 0. The van der Waals surface area contributed by atoms with Gasteiger partial charge < -0.3 is 15.4 Å². The maximum absolute atomic E-state index is 16.5. The molecule has 2 saturated heterocycles. The molecule has 0 spiro atoms. The topological polar surface area (TPSA) is 104 Å². The van der Waals surface area contributed by atoms with E-state index in [2.05, 4.69) is 19.8 Å². The van der Waals surface area contributed by atoms with Crippen LogP contribution in [0, 0.1) is 23.0 Å². The van der Waals surface area contributed by atoms with E-state index in [9.17, 15) is 9.65 Å². The molecule has 0 unspecified atom stereocenters. The van der Waals surface area contributed by atoms with Gasteiger partial charge in [-0.15, -0.1) is 11.3 Å². The number of hydrogen-bond donors (Lipinski definition) is 1. The summed E-state index contributed by atoms with van der Waals surface area (Å²) >= 11 is 0.963. The Bertz CT molecular complexity index is 1640. The number of anilines is 2. The first-order valence-corrected chi connectivity index (χ1v) is 13.7. The lowest BCUT2D eigenvalue weighted by Gasteiger charge is -2.32. The first-order valence-electron chi connectivity index (χ1n) is 12.9. The Balaban J connectivity index is 1.37. The molecule has 0 bridgehead atoms. The fourth-order valence-corrected chi connectivity index (χ4v) is 7.12. The van der Waals surface area contributed by atoms with E-state index in [1.54, 1.807) is 6.20 Å². The van der Waals surface area contributed by atoms with Crippen LogP contribution >= 0.6 is 11.3 Å². The van der Waals surface area contributed by atoms with E-state index in [0.29, 0.717) is 22.9 Å². The Morgan fingerprint density at radius 1 is 1.08 bits per heavy atom. The van der Waals surface area contributed by atoms with Crippen molar-refractivity contribution in [1.82, 2.24) is 19.9 Å². The molecule has 0 saturated carbocycles. The molecule has 38 heavy (non-hydrogen) atoms. The van der Waals surface area contributed by atoms with Crippen LogP contribution in [0.2, 0.25) is 0 Å². The van der Waals surface area contributed by atoms with Crippen molar-refractivity contribution in [2.24, 2.45) is 0 Å². The average molecular weight is 534 g/mol. The number of halogens is 2. The van der Waals surface area contributed by atoms with E-state index in [0.717, 1.165) is 55.7 Å². The van der Waals surface area contributed by atoms with E-state index in [4.69, 9.17) is 15.5 Å². The molecule has 0 amide bonds. The van der Waals surface area contributed by atoms with Crippen LogP contribution in [0.1, 0.15) is 42.4 Å². The van der Waals surface area contributed by atoms with Crippen LogP contribution in [0.4, 0.5) is 19.7 Å². The van der Waals surface area contributed by atoms with Crippen LogP contribution in [0.25, 0.3) is 32.2 Å². The SMILES string of the molecule is N#Cc1c(N)sc2c(F)cnc(-c3c4c(c5cnc(N6CC[C@@H](N7CCCCC7)C6)nc5c3F)COC4)c12. The number of nitrogens with zero attached hydrogens (tertiary/aromatic N) is 6. The van der Waals surface area contributed by atoms with Crippen molar-refractivity contribution in [3.63, 3.8) is 0 Å². The monoisotopic (exact) mass is 533 g/mol. The molecule has 11 heteroatoms. The first kappa shape index (κ1) is 23.6. The summed E-state index contributed by atoms with van der Waals surface area (Å²) in [6.45, 7) is 4.33. The molecule has 1 aromatic carbocycles. The lowest BCUT2D eigenvalue weighted by atomic mass is 9.94. The summed E-state index contributed by atoms with van der Waals surface area (Å²) in [6, 6.07) is 2.50. The molecule has 2 N–H and O–H groups in total. The van der Waals surface area contributed by atoms with Crippen molar-refractivity contribution in [3.05, 3.63) is 40.7 Å². The molecule has 0 radical (unpaired) electrons. The lowest BCUT2D eigenvalue weighted by molar-refractivity contribution is 0.135.